The molecule has 0 aliphatic carbocycles. The second-order valence-corrected chi connectivity index (χ2v) is 5.30. The average Bonchev–Trinajstić information content (AvgIpc) is 2.86. The van der Waals surface area contributed by atoms with E-state index < -0.39 is 6.04 Å². The molecule has 0 saturated carbocycles. The SMILES string of the molecule is CCOC(=O)C(NCc1nc(C)cs1)c1ccccc1. The fraction of sp³-hybridized carbons (Fsp3) is 0.333. The van der Waals surface area contributed by atoms with Crippen LogP contribution in [-0.4, -0.2) is 17.6 Å². The first-order valence-electron chi connectivity index (χ1n) is 6.56. The lowest BCUT2D eigenvalue weighted by molar-refractivity contribution is -0.145. The van der Waals surface area contributed by atoms with Crippen molar-refractivity contribution in [2.75, 3.05) is 6.61 Å². The molecule has 2 rings (SSSR count). The van der Waals surface area contributed by atoms with Crippen molar-refractivity contribution in [1.82, 2.24) is 10.3 Å². The number of hydrogen-bond donors (Lipinski definition) is 1. The summed E-state index contributed by atoms with van der Waals surface area (Å²) in [5, 5.41) is 6.19. The van der Waals surface area contributed by atoms with Crippen LogP contribution in [0.25, 0.3) is 0 Å². The van der Waals surface area contributed by atoms with Crippen LogP contribution in [0.1, 0.15) is 29.2 Å². The van der Waals surface area contributed by atoms with Crippen LogP contribution in [-0.2, 0) is 16.1 Å². The Bertz CT molecular complexity index is 554. The second kappa shape index (κ2) is 7.17. The highest BCUT2D eigenvalue weighted by atomic mass is 32.1. The van der Waals surface area contributed by atoms with Crippen molar-refractivity contribution in [3.05, 3.63) is 52.0 Å². The monoisotopic (exact) mass is 290 g/mol. The van der Waals surface area contributed by atoms with Crippen LogP contribution in [0.5, 0.6) is 0 Å². The number of carbonyl (C=O) groups excluding carboxylic acids is 1. The molecule has 1 atom stereocenters. The molecule has 0 spiro atoms. The summed E-state index contributed by atoms with van der Waals surface area (Å²) in [7, 11) is 0. The molecule has 1 aromatic carbocycles. The Balaban J connectivity index is 2.08. The third-order valence-electron chi connectivity index (χ3n) is 2.78. The molecule has 2 aromatic rings. The number of aromatic nitrogens is 1. The number of thiazole rings is 1. The maximum Gasteiger partial charge on any atom is 0.327 e. The first-order chi connectivity index (χ1) is 9.70. The number of rotatable bonds is 6. The van der Waals surface area contributed by atoms with Crippen molar-refractivity contribution in [3.8, 4) is 0 Å². The first kappa shape index (κ1) is 14.7. The van der Waals surface area contributed by atoms with Crippen LogP contribution >= 0.6 is 11.3 Å². The van der Waals surface area contributed by atoms with Crippen LogP contribution in [0.15, 0.2) is 35.7 Å². The predicted molar refractivity (Wildman–Crippen MR) is 79.5 cm³/mol. The van der Waals surface area contributed by atoms with Gasteiger partial charge in [-0.05, 0) is 19.4 Å². The molecular weight excluding hydrogens is 272 g/mol. The number of nitrogens with one attached hydrogen (secondary N) is 1. The van der Waals surface area contributed by atoms with E-state index in [9.17, 15) is 4.79 Å². The summed E-state index contributed by atoms with van der Waals surface area (Å²) < 4.78 is 5.13. The van der Waals surface area contributed by atoms with Gasteiger partial charge in [-0.1, -0.05) is 30.3 Å². The quantitative estimate of drug-likeness (QED) is 0.831. The zero-order chi connectivity index (χ0) is 14.4. The van der Waals surface area contributed by atoms with E-state index in [-0.39, 0.29) is 5.97 Å². The van der Waals surface area contributed by atoms with Crippen LogP contribution in [0.2, 0.25) is 0 Å². The molecule has 0 aliphatic rings. The van der Waals surface area contributed by atoms with Gasteiger partial charge in [0.05, 0.1) is 6.61 Å². The van der Waals surface area contributed by atoms with Gasteiger partial charge < -0.3 is 4.74 Å². The molecule has 1 heterocycles. The maximum atomic E-state index is 12.1. The van der Waals surface area contributed by atoms with Crippen LogP contribution in [0.4, 0.5) is 0 Å². The fourth-order valence-corrected chi connectivity index (χ4v) is 2.60. The van der Waals surface area contributed by atoms with E-state index in [1.165, 1.54) is 0 Å². The molecule has 0 bridgehead atoms. The van der Waals surface area contributed by atoms with Gasteiger partial charge in [-0.15, -0.1) is 11.3 Å². The van der Waals surface area contributed by atoms with E-state index in [2.05, 4.69) is 10.3 Å². The number of hydrogen-bond acceptors (Lipinski definition) is 5. The van der Waals surface area contributed by atoms with Crippen molar-refractivity contribution < 1.29 is 9.53 Å². The highest BCUT2D eigenvalue weighted by Crippen LogP contribution is 2.16. The summed E-state index contributed by atoms with van der Waals surface area (Å²) in [5.74, 6) is -0.257. The number of esters is 1. The molecule has 0 saturated heterocycles. The normalized spacial score (nSPS) is 12.1. The third kappa shape index (κ3) is 3.88. The second-order valence-electron chi connectivity index (χ2n) is 4.36. The molecule has 106 valence electrons. The Hall–Kier alpha value is -1.72. The van der Waals surface area contributed by atoms with E-state index in [1.54, 1.807) is 11.3 Å². The molecule has 1 unspecified atom stereocenters. The van der Waals surface area contributed by atoms with Gasteiger partial charge >= 0.3 is 5.97 Å². The van der Waals surface area contributed by atoms with E-state index in [0.29, 0.717) is 13.2 Å². The summed E-state index contributed by atoms with van der Waals surface area (Å²) in [6.45, 7) is 4.70. The molecule has 0 amide bonds. The molecule has 1 N–H and O–H groups in total. The number of carbonyl (C=O) groups is 1. The lowest BCUT2D eigenvalue weighted by Crippen LogP contribution is -2.29. The Morgan fingerprint density at radius 1 is 1.40 bits per heavy atom. The third-order valence-corrected chi connectivity index (χ3v) is 3.75. The van der Waals surface area contributed by atoms with Gasteiger partial charge in [-0.2, -0.15) is 0 Å². The van der Waals surface area contributed by atoms with Crippen molar-refractivity contribution in [1.29, 1.82) is 0 Å². The largest absolute Gasteiger partial charge is 0.465 e. The molecule has 0 aliphatic heterocycles. The van der Waals surface area contributed by atoms with Gasteiger partial charge in [-0.3, -0.25) is 5.32 Å². The lowest BCUT2D eigenvalue weighted by atomic mass is 10.1. The highest BCUT2D eigenvalue weighted by molar-refractivity contribution is 7.09. The molecule has 1 aromatic heterocycles. The summed E-state index contributed by atoms with van der Waals surface area (Å²) in [6.07, 6.45) is 0. The number of nitrogens with zero attached hydrogens (tertiary/aromatic N) is 1. The minimum atomic E-state index is -0.458. The first-order valence-corrected chi connectivity index (χ1v) is 7.44. The fourth-order valence-electron chi connectivity index (χ4n) is 1.88. The highest BCUT2D eigenvalue weighted by Gasteiger charge is 2.21. The Morgan fingerprint density at radius 3 is 2.75 bits per heavy atom. The molecule has 5 heteroatoms. The summed E-state index contributed by atoms with van der Waals surface area (Å²) in [4.78, 5) is 16.5. The topological polar surface area (TPSA) is 51.2 Å². The Morgan fingerprint density at radius 2 is 2.15 bits per heavy atom. The minimum Gasteiger partial charge on any atom is -0.465 e. The summed E-state index contributed by atoms with van der Waals surface area (Å²) in [6, 6.07) is 9.13. The zero-order valence-corrected chi connectivity index (χ0v) is 12.4. The Kier molecular flexibility index (Phi) is 5.26. The molecule has 4 nitrogen and oxygen atoms in total. The smallest absolute Gasteiger partial charge is 0.327 e. The number of benzene rings is 1. The molecule has 20 heavy (non-hydrogen) atoms. The average molecular weight is 290 g/mol. The molecule has 0 radical (unpaired) electrons. The molecule has 0 fully saturated rings. The van der Waals surface area contributed by atoms with Crippen molar-refractivity contribution in [3.63, 3.8) is 0 Å². The Labute approximate surface area is 122 Å². The van der Waals surface area contributed by atoms with Gasteiger partial charge in [0.1, 0.15) is 11.0 Å². The minimum absolute atomic E-state index is 0.257. The van der Waals surface area contributed by atoms with Crippen LogP contribution < -0.4 is 5.32 Å². The van der Waals surface area contributed by atoms with E-state index >= 15 is 0 Å². The number of aryl methyl sites for hydroxylation is 1. The van der Waals surface area contributed by atoms with Gasteiger partial charge in [0.2, 0.25) is 0 Å². The van der Waals surface area contributed by atoms with Gasteiger partial charge in [0, 0.05) is 17.6 Å². The zero-order valence-electron chi connectivity index (χ0n) is 11.6. The van der Waals surface area contributed by atoms with E-state index in [1.807, 2.05) is 49.6 Å². The summed E-state index contributed by atoms with van der Waals surface area (Å²) >= 11 is 1.59. The van der Waals surface area contributed by atoms with Gasteiger partial charge in [0.15, 0.2) is 0 Å². The summed E-state index contributed by atoms with van der Waals surface area (Å²) in [5.41, 5.74) is 1.90. The van der Waals surface area contributed by atoms with Crippen molar-refractivity contribution >= 4 is 17.3 Å². The van der Waals surface area contributed by atoms with E-state index in [0.717, 1.165) is 16.3 Å². The number of ether oxygens (including phenoxy) is 1. The van der Waals surface area contributed by atoms with Gasteiger partial charge in [0.25, 0.3) is 0 Å². The van der Waals surface area contributed by atoms with Crippen LogP contribution in [0.3, 0.4) is 0 Å². The predicted octanol–water partition coefficient (Wildman–Crippen LogP) is 2.85. The van der Waals surface area contributed by atoms with Crippen molar-refractivity contribution in [2.45, 2.75) is 26.4 Å². The van der Waals surface area contributed by atoms with E-state index in [4.69, 9.17) is 4.74 Å². The van der Waals surface area contributed by atoms with Gasteiger partial charge in [-0.25, -0.2) is 9.78 Å². The van der Waals surface area contributed by atoms with Crippen LogP contribution in [0, 0.1) is 6.92 Å². The maximum absolute atomic E-state index is 12.1. The van der Waals surface area contributed by atoms with Crippen molar-refractivity contribution in [2.24, 2.45) is 0 Å². The standard InChI is InChI=1S/C15H18N2O2S/c1-3-19-15(18)14(12-7-5-4-6-8-12)16-9-13-17-11(2)10-20-13/h4-8,10,14,16H,3,9H2,1-2H3. The molecular formula is C15H18N2O2S. The lowest BCUT2D eigenvalue weighted by Gasteiger charge is -2.16.